The molecule has 0 spiro atoms. The third-order valence-electron chi connectivity index (χ3n) is 4.26. The van der Waals surface area contributed by atoms with Gasteiger partial charge in [0.1, 0.15) is 17.8 Å². The number of aryl methyl sites for hydroxylation is 1. The van der Waals surface area contributed by atoms with E-state index in [1.165, 1.54) is 0 Å². The van der Waals surface area contributed by atoms with E-state index in [9.17, 15) is 14.4 Å². The molecule has 136 valence electrons. The van der Waals surface area contributed by atoms with Gasteiger partial charge in [-0.3, -0.25) is 14.5 Å². The highest BCUT2D eigenvalue weighted by atomic mass is 16.5. The highest BCUT2D eigenvalue weighted by molar-refractivity contribution is 6.10. The molecule has 1 aliphatic heterocycles. The first-order chi connectivity index (χ1) is 12.5. The monoisotopic (exact) mass is 356 g/mol. The average Bonchev–Trinajstić information content (AvgIpc) is 3.13. The number of carbonyl (C=O) groups is 3. The van der Waals surface area contributed by atoms with Gasteiger partial charge in [0.15, 0.2) is 5.82 Å². The fourth-order valence-corrected chi connectivity index (χ4v) is 3.13. The second-order valence-corrected chi connectivity index (χ2v) is 6.21. The lowest BCUT2D eigenvalue weighted by molar-refractivity contribution is -0.134. The van der Waals surface area contributed by atoms with Crippen molar-refractivity contribution in [1.82, 2.24) is 15.4 Å². The van der Waals surface area contributed by atoms with Crippen LogP contribution in [0.4, 0.5) is 10.6 Å². The molecule has 1 aromatic heterocycles. The van der Waals surface area contributed by atoms with Crippen molar-refractivity contribution in [2.24, 2.45) is 0 Å². The van der Waals surface area contributed by atoms with Gasteiger partial charge in [-0.05, 0) is 18.9 Å². The highest BCUT2D eigenvalue weighted by Crippen LogP contribution is 2.33. The fourth-order valence-electron chi connectivity index (χ4n) is 3.13. The van der Waals surface area contributed by atoms with Crippen LogP contribution < -0.4 is 10.6 Å². The molecule has 8 nitrogen and oxygen atoms in total. The van der Waals surface area contributed by atoms with Gasteiger partial charge in [0.25, 0.3) is 5.91 Å². The zero-order valence-electron chi connectivity index (χ0n) is 14.6. The smallest absolute Gasteiger partial charge is 0.325 e. The standard InChI is InChI=1S/C18H20N4O4/c1-3-9-18(13-7-5-4-6-8-13)16(24)22(17(25)20-18)11-15(23)19-14-10-12(2)26-21-14/h4-8,10H,3,9,11H2,1-2H3,(H,20,25)(H,19,21,23)/t18-/m0/s1. The van der Waals surface area contributed by atoms with Crippen LogP contribution in [0.1, 0.15) is 31.1 Å². The minimum absolute atomic E-state index is 0.238. The normalized spacial score (nSPS) is 19.5. The molecule has 26 heavy (non-hydrogen) atoms. The summed E-state index contributed by atoms with van der Waals surface area (Å²) in [5.41, 5.74) is -0.437. The van der Waals surface area contributed by atoms with Crippen LogP contribution in [0.15, 0.2) is 40.9 Å². The zero-order valence-corrected chi connectivity index (χ0v) is 14.6. The van der Waals surface area contributed by atoms with Crippen LogP contribution in [0, 0.1) is 6.92 Å². The number of aromatic nitrogens is 1. The van der Waals surface area contributed by atoms with Gasteiger partial charge in [-0.25, -0.2) is 4.79 Å². The number of hydrogen-bond donors (Lipinski definition) is 2. The van der Waals surface area contributed by atoms with Crippen molar-refractivity contribution < 1.29 is 18.9 Å². The van der Waals surface area contributed by atoms with E-state index in [1.54, 1.807) is 25.1 Å². The Bertz CT molecular complexity index is 833. The summed E-state index contributed by atoms with van der Waals surface area (Å²) < 4.78 is 4.88. The molecule has 0 unspecified atom stereocenters. The lowest BCUT2D eigenvalue weighted by Gasteiger charge is -2.26. The summed E-state index contributed by atoms with van der Waals surface area (Å²) in [6, 6.07) is 10.0. The molecule has 2 N–H and O–H groups in total. The lowest BCUT2D eigenvalue weighted by Crippen LogP contribution is -2.44. The Morgan fingerprint density at radius 1 is 1.31 bits per heavy atom. The number of hydrogen-bond acceptors (Lipinski definition) is 5. The minimum atomic E-state index is -1.14. The third-order valence-corrected chi connectivity index (χ3v) is 4.26. The van der Waals surface area contributed by atoms with Crippen LogP contribution in [0.25, 0.3) is 0 Å². The number of carbonyl (C=O) groups excluding carboxylic acids is 3. The number of nitrogens with one attached hydrogen (secondary N) is 2. The molecule has 1 atom stereocenters. The Kier molecular flexibility index (Phi) is 4.75. The molecule has 1 aliphatic rings. The van der Waals surface area contributed by atoms with Gasteiger partial charge in [0.05, 0.1) is 0 Å². The topological polar surface area (TPSA) is 105 Å². The number of amides is 4. The van der Waals surface area contributed by atoms with Crippen molar-refractivity contribution >= 4 is 23.7 Å². The van der Waals surface area contributed by atoms with Crippen molar-refractivity contribution in [3.05, 3.63) is 47.7 Å². The van der Waals surface area contributed by atoms with Gasteiger partial charge in [-0.1, -0.05) is 48.8 Å². The van der Waals surface area contributed by atoms with Gasteiger partial charge in [-0.2, -0.15) is 0 Å². The number of benzene rings is 1. The molecule has 8 heteroatoms. The Morgan fingerprint density at radius 3 is 2.65 bits per heavy atom. The average molecular weight is 356 g/mol. The predicted molar refractivity (Wildman–Crippen MR) is 93.1 cm³/mol. The summed E-state index contributed by atoms with van der Waals surface area (Å²) in [5, 5.41) is 8.96. The number of imide groups is 1. The zero-order chi connectivity index (χ0) is 18.7. The van der Waals surface area contributed by atoms with E-state index in [-0.39, 0.29) is 5.82 Å². The molecule has 2 heterocycles. The summed E-state index contributed by atoms with van der Waals surface area (Å²) in [6.07, 6.45) is 1.14. The van der Waals surface area contributed by atoms with Crippen molar-refractivity contribution in [1.29, 1.82) is 0 Å². The third kappa shape index (κ3) is 3.17. The lowest BCUT2D eigenvalue weighted by atomic mass is 9.85. The summed E-state index contributed by atoms with van der Waals surface area (Å²) in [7, 11) is 0. The van der Waals surface area contributed by atoms with Crippen molar-refractivity contribution in [3.63, 3.8) is 0 Å². The van der Waals surface area contributed by atoms with Gasteiger partial charge < -0.3 is 15.2 Å². The number of anilines is 1. The highest BCUT2D eigenvalue weighted by Gasteiger charge is 2.52. The second kappa shape index (κ2) is 6.99. The van der Waals surface area contributed by atoms with Crippen molar-refractivity contribution in [3.8, 4) is 0 Å². The number of rotatable bonds is 6. The fraction of sp³-hybridized carbons (Fsp3) is 0.333. The SMILES string of the molecule is CCC[C@@]1(c2ccccc2)NC(=O)N(CC(=O)Nc2cc(C)on2)C1=O. The Morgan fingerprint density at radius 2 is 2.04 bits per heavy atom. The first-order valence-corrected chi connectivity index (χ1v) is 8.39. The van der Waals surface area contributed by atoms with Crippen LogP contribution in [0.3, 0.4) is 0 Å². The quantitative estimate of drug-likeness (QED) is 0.772. The Balaban J connectivity index is 1.80. The second-order valence-electron chi connectivity index (χ2n) is 6.21. The molecule has 0 aliphatic carbocycles. The van der Waals surface area contributed by atoms with E-state index in [0.29, 0.717) is 24.2 Å². The van der Waals surface area contributed by atoms with E-state index < -0.39 is 29.9 Å². The maximum absolute atomic E-state index is 13.0. The molecule has 1 fully saturated rings. The maximum atomic E-state index is 13.0. The Labute approximate surface area is 150 Å². The van der Waals surface area contributed by atoms with E-state index in [0.717, 1.165) is 4.90 Å². The molecule has 0 bridgehead atoms. The molecular weight excluding hydrogens is 336 g/mol. The molecule has 4 amide bonds. The molecule has 2 aromatic rings. The van der Waals surface area contributed by atoms with Gasteiger partial charge in [0.2, 0.25) is 5.91 Å². The van der Waals surface area contributed by atoms with Crippen molar-refractivity contribution in [2.75, 3.05) is 11.9 Å². The summed E-state index contributed by atoms with van der Waals surface area (Å²) in [4.78, 5) is 38.6. The van der Waals surface area contributed by atoms with Crippen LogP contribution >= 0.6 is 0 Å². The molecule has 0 saturated carbocycles. The van der Waals surface area contributed by atoms with Crippen LogP contribution in [-0.4, -0.2) is 34.4 Å². The Hall–Kier alpha value is -3.16. The first-order valence-electron chi connectivity index (χ1n) is 8.39. The van der Waals surface area contributed by atoms with Crippen LogP contribution in [-0.2, 0) is 15.1 Å². The maximum Gasteiger partial charge on any atom is 0.325 e. The van der Waals surface area contributed by atoms with E-state index in [4.69, 9.17) is 4.52 Å². The van der Waals surface area contributed by atoms with E-state index in [1.807, 2.05) is 25.1 Å². The molecule has 3 rings (SSSR count). The van der Waals surface area contributed by atoms with E-state index in [2.05, 4.69) is 15.8 Å². The number of nitrogens with zero attached hydrogens (tertiary/aromatic N) is 2. The van der Waals surface area contributed by atoms with E-state index >= 15 is 0 Å². The summed E-state index contributed by atoms with van der Waals surface area (Å²) in [5.74, 6) is -0.173. The van der Waals surface area contributed by atoms with Crippen molar-refractivity contribution in [2.45, 2.75) is 32.2 Å². The largest absolute Gasteiger partial charge is 0.360 e. The van der Waals surface area contributed by atoms with Crippen LogP contribution in [0.2, 0.25) is 0 Å². The van der Waals surface area contributed by atoms with Crippen LogP contribution in [0.5, 0.6) is 0 Å². The molecular formula is C18H20N4O4. The minimum Gasteiger partial charge on any atom is -0.360 e. The van der Waals surface area contributed by atoms with Gasteiger partial charge in [0, 0.05) is 6.07 Å². The molecule has 1 saturated heterocycles. The van der Waals surface area contributed by atoms with Gasteiger partial charge in [-0.15, -0.1) is 0 Å². The first kappa shape index (κ1) is 17.7. The summed E-state index contributed by atoms with van der Waals surface area (Å²) in [6.45, 7) is 3.24. The molecule has 0 radical (unpaired) electrons. The van der Waals surface area contributed by atoms with Gasteiger partial charge >= 0.3 is 6.03 Å². The number of urea groups is 1. The molecule has 1 aromatic carbocycles. The summed E-state index contributed by atoms with van der Waals surface area (Å²) >= 11 is 0. The predicted octanol–water partition coefficient (Wildman–Crippen LogP) is 2.17.